The molecule has 16 heavy (non-hydrogen) atoms. The van der Waals surface area contributed by atoms with E-state index in [0.717, 1.165) is 0 Å². The molecule has 5 heteroatoms. The molecule has 3 rings (SSSR count). The van der Waals surface area contributed by atoms with Crippen molar-refractivity contribution >= 4 is 5.97 Å². The van der Waals surface area contributed by atoms with Gasteiger partial charge in [-0.3, -0.25) is 4.79 Å². The quantitative estimate of drug-likeness (QED) is 0.548. The predicted molar refractivity (Wildman–Crippen MR) is 52.1 cm³/mol. The number of carbonyl (C=O) groups excluding carboxylic acids is 1. The Hall–Kier alpha value is -0.910. The number of esters is 1. The van der Waals surface area contributed by atoms with Gasteiger partial charge in [-0.2, -0.15) is 0 Å². The fourth-order valence-corrected chi connectivity index (χ4v) is 3.34. The van der Waals surface area contributed by atoms with Crippen molar-refractivity contribution < 1.29 is 24.5 Å². The number of fused-ring (bicyclic) bond motifs is 1. The first-order chi connectivity index (χ1) is 7.49. The summed E-state index contributed by atoms with van der Waals surface area (Å²) in [4.78, 5) is 11.9. The van der Waals surface area contributed by atoms with Gasteiger partial charge in [0.25, 0.3) is 0 Å². The predicted octanol–water partition coefficient (Wildman–Crippen LogP) is -0.428. The van der Waals surface area contributed by atoms with E-state index in [0.29, 0.717) is 6.42 Å². The first-order valence-corrected chi connectivity index (χ1v) is 5.42. The lowest BCUT2D eigenvalue weighted by Gasteiger charge is -2.39. The standard InChI is InChI=1S/C11H14O5/c1-4-7-3-6(12)8(13)11(4)9(16-7)5(2)15-10(11)14/h4,6-9,12-13H,2-3H2,1H3/t4-,6+,7-,8+,9+,11+/m1/s1. The summed E-state index contributed by atoms with van der Waals surface area (Å²) in [5, 5.41) is 19.9. The van der Waals surface area contributed by atoms with Crippen LogP contribution in [0.15, 0.2) is 12.3 Å². The molecule has 3 aliphatic rings. The van der Waals surface area contributed by atoms with Crippen molar-refractivity contribution in [3.63, 3.8) is 0 Å². The van der Waals surface area contributed by atoms with Gasteiger partial charge >= 0.3 is 5.97 Å². The molecule has 3 fully saturated rings. The minimum atomic E-state index is -1.15. The van der Waals surface area contributed by atoms with Gasteiger partial charge < -0.3 is 19.7 Å². The molecule has 2 aliphatic heterocycles. The summed E-state index contributed by atoms with van der Waals surface area (Å²) in [5.74, 6) is -0.445. The molecular weight excluding hydrogens is 212 g/mol. The molecule has 0 aromatic rings. The Kier molecular flexibility index (Phi) is 1.83. The number of aliphatic hydroxyl groups excluding tert-OH is 2. The third-order valence-corrected chi connectivity index (χ3v) is 4.25. The molecule has 6 atom stereocenters. The van der Waals surface area contributed by atoms with Crippen LogP contribution in [0.1, 0.15) is 13.3 Å². The van der Waals surface area contributed by atoms with Crippen molar-refractivity contribution in [2.24, 2.45) is 11.3 Å². The van der Waals surface area contributed by atoms with Crippen molar-refractivity contribution in [2.45, 2.75) is 37.8 Å². The highest BCUT2D eigenvalue weighted by molar-refractivity contribution is 5.84. The van der Waals surface area contributed by atoms with Gasteiger partial charge in [-0.1, -0.05) is 13.5 Å². The van der Waals surface area contributed by atoms with Crippen LogP contribution in [-0.4, -0.2) is 40.6 Å². The lowest BCUT2D eigenvalue weighted by molar-refractivity contribution is -0.165. The van der Waals surface area contributed by atoms with Gasteiger partial charge in [-0.15, -0.1) is 0 Å². The molecule has 1 aliphatic carbocycles. The first kappa shape index (κ1) is 10.3. The monoisotopic (exact) mass is 226 g/mol. The van der Waals surface area contributed by atoms with E-state index < -0.39 is 29.7 Å². The molecule has 1 saturated carbocycles. The maximum Gasteiger partial charge on any atom is 0.323 e. The van der Waals surface area contributed by atoms with E-state index in [4.69, 9.17) is 9.47 Å². The summed E-state index contributed by atoms with van der Waals surface area (Å²) >= 11 is 0. The molecule has 1 spiro atoms. The van der Waals surface area contributed by atoms with Gasteiger partial charge in [0.2, 0.25) is 0 Å². The highest BCUT2D eigenvalue weighted by Crippen LogP contribution is 2.58. The van der Waals surface area contributed by atoms with Crippen LogP contribution >= 0.6 is 0 Å². The van der Waals surface area contributed by atoms with E-state index >= 15 is 0 Å². The Morgan fingerprint density at radius 3 is 2.88 bits per heavy atom. The second-order valence-electron chi connectivity index (χ2n) is 4.88. The Labute approximate surface area is 92.7 Å². The van der Waals surface area contributed by atoms with Gasteiger partial charge in [-0.05, 0) is 0 Å². The van der Waals surface area contributed by atoms with Gasteiger partial charge in [0.05, 0.1) is 18.3 Å². The minimum Gasteiger partial charge on any atom is -0.428 e. The normalized spacial score (nSPS) is 55.1. The molecule has 2 saturated heterocycles. The number of aliphatic hydroxyl groups is 2. The molecule has 0 radical (unpaired) electrons. The molecule has 5 nitrogen and oxygen atoms in total. The van der Waals surface area contributed by atoms with Crippen LogP contribution in [0.3, 0.4) is 0 Å². The van der Waals surface area contributed by atoms with E-state index in [9.17, 15) is 15.0 Å². The van der Waals surface area contributed by atoms with E-state index in [2.05, 4.69) is 6.58 Å². The van der Waals surface area contributed by atoms with Crippen LogP contribution in [0.2, 0.25) is 0 Å². The number of cyclic esters (lactones) is 1. The topological polar surface area (TPSA) is 76.0 Å². The van der Waals surface area contributed by atoms with Crippen LogP contribution < -0.4 is 0 Å². The third-order valence-electron chi connectivity index (χ3n) is 4.25. The summed E-state index contributed by atoms with van der Waals surface area (Å²) < 4.78 is 10.6. The van der Waals surface area contributed by atoms with E-state index in [1.807, 2.05) is 6.92 Å². The Bertz CT molecular complexity index is 379. The summed E-state index contributed by atoms with van der Waals surface area (Å²) in [7, 11) is 0. The highest BCUT2D eigenvalue weighted by Gasteiger charge is 2.72. The maximum atomic E-state index is 11.9. The molecule has 2 heterocycles. The number of hydrogen-bond donors (Lipinski definition) is 2. The second-order valence-corrected chi connectivity index (χ2v) is 4.88. The largest absolute Gasteiger partial charge is 0.428 e. The summed E-state index contributed by atoms with van der Waals surface area (Å²) in [6, 6.07) is 0. The van der Waals surface area contributed by atoms with Crippen LogP contribution in [0, 0.1) is 11.3 Å². The van der Waals surface area contributed by atoms with Crippen LogP contribution in [0.25, 0.3) is 0 Å². The molecule has 0 aromatic heterocycles. The number of rotatable bonds is 0. The van der Waals surface area contributed by atoms with Gasteiger partial charge in [0.15, 0.2) is 0 Å². The average Bonchev–Trinajstić information content (AvgIpc) is 2.58. The fraction of sp³-hybridized carbons (Fsp3) is 0.727. The molecule has 2 bridgehead atoms. The van der Waals surface area contributed by atoms with Crippen molar-refractivity contribution in [3.8, 4) is 0 Å². The van der Waals surface area contributed by atoms with Crippen LogP contribution in [-0.2, 0) is 14.3 Å². The van der Waals surface area contributed by atoms with Crippen molar-refractivity contribution in [3.05, 3.63) is 12.3 Å². The van der Waals surface area contributed by atoms with E-state index in [1.165, 1.54) is 0 Å². The summed E-state index contributed by atoms with van der Waals surface area (Å²) in [6.45, 7) is 5.48. The molecule has 0 aromatic carbocycles. The van der Waals surface area contributed by atoms with Crippen LogP contribution in [0.4, 0.5) is 0 Å². The minimum absolute atomic E-state index is 0.164. The lowest BCUT2D eigenvalue weighted by Crippen LogP contribution is -2.57. The zero-order valence-electron chi connectivity index (χ0n) is 8.92. The Morgan fingerprint density at radius 2 is 2.19 bits per heavy atom. The van der Waals surface area contributed by atoms with Gasteiger partial charge in [-0.25, -0.2) is 0 Å². The first-order valence-electron chi connectivity index (χ1n) is 5.42. The van der Waals surface area contributed by atoms with Gasteiger partial charge in [0.1, 0.15) is 17.3 Å². The van der Waals surface area contributed by atoms with Crippen molar-refractivity contribution in [2.75, 3.05) is 0 Å². The Balaban J connectivity index is 2.15. The summed E-state index contributed by atoms with van der Waals surface area (Å²) in [5.41, 5.74) is -1.15. The Morgan fingerprint density at radius 1 is 1.50 bits per heavy atom. The summed E-state index contributed by atoms with van der Waals surface area (Å²) in [6.07, 6.45) is -2.57. The highest BCUT2D eigenvalue weighted by atomic mass is 16.6. The molecular formula is C11H14O5. The fourth-order valence-electron chi connectivity index (χ4n) is 3.34. The maximum absolute atomic E-state index is 11.9. The van der Waals surface area contributed by atoms with Crippen LogP contribution in [0.5, 0.6) is 0 Å². The lowest BCUT2D eigenvalue weighted by atomic mass is 9.63. The molecule has 0 unspecified atom stereocenters. The number of ether oxygens (including phenoxy) is 2. The molecule has 88 valence electrons. The zero-order valence-corrected chi connectivity index (χ0v) is 8.92. The zero-order chi connectivity index (χ0) is 11.7. The van der Waals surface area contributed by atoms with E-state index in [-0.39, 0.29) is 17.8 Å². The van der Waals surface area contributed by atoms with E-state index in [1.54, 1.807) is 0 Å². The molecule has 2 N–H and O–H groups in total. The SMILES string of the molecule is C=C1OC(=O)[C@@]23[C@H](C)[C@@H](C[C@H](O)[C@@H]2O)O[C@@H]13. The van der Waals surface area contributed by atoms with Crippen molar-refractivity contribution in [1.29, 1.82) is 0 Å². The second kappa shape index (κ2) is 2.85. The van der Waals surface area contributed by atoms with Gasteiger partial charge in [0, 0.05) is 12.3 Å². The number of hydrogen-bond acceptors (Lipinski definition) is 5. The number of carbonyl (C=O) groups is 1. The smallest absolute Gasteiger partial charge is 0.323 e. The third kappa shape index (κ3) is 0.863. The van der Waals surface area contributed by atoms with Crippen molar-refractivity contribution in [1.82, 2.24) is 0 Å². The molecule has 0 amide bonds. The average molecular weight is 226 g/mol.